The molecule has 0 aliphatic heterocycles. The maximum atomic E-state index is 12.2. The van der Waals surface area contributed by atoms with E-state index in [1.165, 1.54) is 0 Å². The van der Waals surface area contributed by atoms with Crippen LogP contribution in [-0.2, 0) is 6.54 Å². The number of aromatic nitrogens is 1. The summed E-state index contributed by atoms with van der Waals surface area (Å²) in [5.74, 6) is 1.65. The number of carbonyl (C=O) groups is 1. The van der Waals surface area contributed by atoms with Crippen molar-refractivity contribution in [3.05, 3.63) is 40.8 Å². The van der Waals surface area contributed by atoms with E-state index in [4.69, 9.17) is 14.0 Å². The highest BCUT2D eigenvalue weighted by atomic mass is 16.5. The second-order valence-electron chi connectivity index (χ2n) is 4.56. The van der Waals surface area contributed by atoms with Crippen molar-refractivity contribution in [1.29, 1.82) is 0 Å². The SMILES string of the molecule is COc1ccc(CNC(=O)c2c(C)noc2C)c(OC)c1. The van der Waals surface area contributed by atoms with Gasteiger partial charge in [0.15, 0.2) is 0 Å². The van der Waals surface area contributed by atoms with Crippen molar-refractivity contribution >= 4 is 5.91 Å². The fourth-order valence-corrected chi connectivity index (χ4v) is 2.07. The zero-order valence-corrected chi connectivity index (χ0v) is 12.5. The molecule has 6 nitrogen and oxygen atoms in total. The van der Waals surface area contributed by atoms with Gasteiger partial charge in [0.2, 0.25) is 0 Å². The zero-order chi connectivity index (χ0) is 15.4. The first-order valence-electron chi connectivity index (χ1n) is 6.48. The molecule has 1 amide bonds. The van der Waals surface area contributed by atoms with Gasteiger partial charge < -0.3 is 19.3 Å². The minimum absolute atomic E-state index is 0.218. The Balaban J connectivity index is 2.11. The highest BCUT2D eigenvalue weighted by Crippen LogP contribution is 2.24. The van der Waals surface area contributed by atoms with E-state index in [0.717, 1.165) is 5.56 Å². The number of nitrogens with zero attached hydrogens (tertiary/aromatic N) is 1. The lowest BCUT2D eigenvalue weighted by molar-refractivity contribution is 0.0948. The molecule has 0 fully saturated rings. The third kappa shape index (κ3) is 3.16. The summed E-state index contributed by atoms with van der Waals surface area (Å²) in [6.07, 6.45) is 0. The summed E-state index contributed by atoms with van der Waals surface area (Å²) in [5.41, 5.74) is 1.91. The normalized spacial score (nSPS) is 10.3. The second kappa shape index (κ2) is 6.30. The predicted octanol–water partition coefficient (Wildman–Crippen LogP) is 2.24. The number of methoxy groups -OCH3 is 2. The van der Waals surface area contributed by atoms with Crippen LogP contribution >= 0.6 is 0 Å². The molecule has 0 aliphatic carbocycles. The maximum Gasteiger partial charge on any atom is 0.257 e. The van der Waals surface area contributed by atoms with Gasteiger partial charge in [0, 0.05) is 18.2 Å². The van der Waals surface area contributed by atoms with Crippen LogP contribution in [-0.4, -0.2) is 25.3 Å². The Morgan fingerprint density at radius 2 is 2.05 bits per heavy atom. The van der Waals surface area contributed by atoms with Crippen LogP contribution in [0.4, 0.5) is 0 Å². The highest BCUT2D eigenvalue weighted by molar-refractivity contribution is 5.96. The Morgan fingerprint density at radius 3 is 2.62 bits per heavy atom. The summed E-state index contributed by atoms with van der Waals surface area (Å²) in [5, 5.41) is 6.61. The van der Waals surface area contributed by atoms with E-state index >= 15 is 0 Å². The molecule has 1 aromatic carbocycles. The van der Waals surface area contributed by atoms with Gasteiger partial charge in [-0.3, -0.25) is 4.79 Å². The van der Waals surface area contributed by atoms with Gasteiger partial charge in [0.25, 0.3) is 5.91 Å². The molecule has 0 radical (unpaired) electrons. The van der Waals surface area contributed by atoms with E-state index in [-0.39, 0.29) is 5.91 Å². The summed E-state index contributed by atoms with van der Waals surface area (Å²) >= 11 is 0. The number of ether oxygens (including phenoxy) is 2. The van der Waals surface area contributed by atoms with Crippen LogP contribution in [0, 0.1) is 13.8 Å². The lowest BCUT2D eigenvalue weighted by Crippen LogP contribution is -2.24. The first-order valence-corrected chi connectivity index (χ1v) is 6.48. The Morgan fingerprint density at radius 1 is 1.29 bits per heavy atom. The molecular formula is C15H18N2O4. The van der Waals surface area contributed by atoms with Gasteiger partial charge >= 0.3 is 0 Å². The molecule has 1 N–H and O–H groups in total. The van der Waals surface area contributed by atoms with Gasteiger partial charge in [0.1, 0.15) is 22.8 Å². The molecule has 0 saturated heterocycles. The fraction of sp³-hybridized carbons (Fsp3) is 0.333. The van der Waals surface area contributed by atoms with E-state index < -0.39 is 0 Å². The summed E-state index contributed by atoms with van der Waals surface area (Å²) in [6.45, 7) is 3.79. The van der Waals surface area contributed by atoms with Crippen LogP contribution in [0.25, 0.3) is 0 Å². The van der Waals surface area contributed by atoms with Gasteiger partial charge in [-0.2, -0.15) is 0 Å². The van der Waals surface area contributed by atoms with Crippen LogP contribution in [0.3, 0.4) is 0 Å². The molecular weight excluding hydrogens is 272 g/mol. The van der Waals surface area contributed by atoms with Crippen LogP contribution in [0.5, 0.6) is 11.5 Å². The standard InChI is InChI=1S/C15H18N2O4/c1-9-14(10(2)21-17-9)15(18)16-8-11-5-6-12(19-3)7-13(11)20-4/h5-7H,8H2,1-4H3,(H,16,18). The Kier molecular flexibility index (Phi) is 4.47. The first-order chi connectivity index (χ1) is 10.1. The van der Waals surface area contributed by atoms with Crippen molar-refractivity contribution in [3.8, 4) is 11.5 Å². The van der Waals surface area contributed by atoms with Gasteiger partial charge in [-0.05, 0) is 26.0 Å². The van der Waals surface area contributed by atoms with Gasteiger partial charge in [0.05, 0.1) is 19.9 Å². The average Bonchev–Trinajstić information content (AvgIpc) is 2.83. The van der Waals surface area contributed by atoms with Crippen molar-refractivity contribution < 1.29 is 18.8 Å². The second-order valence-corrected chi connectivity index (χ2v) is 4.56. The highest BCUT2D eigenvalue weighted by Gasteiger charge is 2.17. The molecule has 6 heteroatoms. The predicted molar refractivity (Wildman–Crippen MR) is 76.7 cm³/mol. The van der Waals surface area contributed by atoms with E-state index in [2.05, 4.69) is 10.5 Å². The largest absolute Gasteiger partial charge is 0.497 e. The fourth-order valence-electron chi connectivity index (χ4n) is 2.07. The Hall–Kier alpha value is -2.50. The molecule has 0 aliphatic rings. The third-order valence-corrected chi connectivity index (χ3v) is 3.19. The molecule has 1 heterocycles. The topological polar surface area (TPSA) is 73.6 Å². The molecule has 0 atom stereocenters. The van der Waals surface area contributed by atoms with E-state index in [1.54, 1.807) is 34.1 Å². The van der Waals surface area contributed by atoms with E-state index in [1.807, 2.05) is 12.1 Å². The minimum atomic E-state index is -0.218. The maximum absolute atomic E-state index is 12.2. The number of nitrogens with one attached hydrogen (secondary N) is 1. The number of carbonyl (C=O) groups excluding carboxylic acids is 1. The Bertz CT molecular complexity index is 630. The van der Waals surface area contributed by atoms with Crippen molar-refractivity contribution in [2.45, 2.75) is 20.4 Å². The number of amides is 1. The lowest BCUT2D eigenvalue weighted by atomic mass is 10.1. The van der Waals surface area contributed by atoms with Gasteiger partial charge in [-0.25, -0.2) is 0 Å². The van der Waals surface area contributed by atoms with Crippen molar-refractivity contribution in [1.82, 2.24) is 10.5 Å². The number of hydrogen-bond acceptors (Lipinski definition) is 5. The van der Waals surface area contributed by atoms with Crippen LogP contribution in [0.2, 0.25) is 0 Å². The monoisotopic (exact) mass is 290 g/mol. The number of benzene rings is 1. The van der Waals surface area contributed by atoms with Crippen molar-refractivity contribution in [2.24, 2.45) is 0 Å². The summed E-state index contributed by atoms with van der Waals surface area (Å²) in [7, 11) is 3.17. The summed E-state index contributed by atoms with van der Waals surface area (Å²) in [4.78, 5) is 12.2. The van der Waals surface area contributed by atoms with Crippen LogP contribution in [0.15, 0.2) is 22.7 Å². The van der Waals surface area contributed by atoms with Crippen molar-refractivity contribution in [2.75, 3.05) is 14.2 Å². The molecule has 1 aromatic heterocycles. The van der Waals surface area contributed by atoms with Crippen LogP contribution < -0.4 is 14.8 Å². The first kappa shape index (κ1) is 14.9. The minimum Gasteiger partial charge on any atom is -0.497 e. The lowest BCUT2D eigenvalue weighted by Gasteiger charge is -2.11. The van der Waals surface area contributed by atoms with Gasteiger partial charge in [-0.1, -0.05) is 5.16 Å². The average molecular weight is 290 g/mol. The molecule has 0 unspecified atom stereocenters. The molecule has 2 aromatic rings. The molecule has 0 spiro atoms. The number of rotatable bonds is 5. The third-order valence-electron chi connectivity index (χ3n) is 3.19. The van der Waals surface area contributed by atoms with Crippen LogP contribution in [0.1, 0.15) is 27.4 Å². The molecule has 0 saturated carbocycles. The zero-order valence-electron chi connectivity index (χ0n) is 12.5. The number of aryl methyl sites for hydroxylation is 2. The Labute approximate surface area is 123 Å². The van der Waals surface area contributed by atoms with Gasteiger partial charge in [-0.15, -0.1) is 0 Å². The smallest absolute Gasteiger partial charge is 0.257 e. The molecule has 112 valence electrons. The molecule has 21 heavy (non-hydrogen) atoms. The molecule has 2 rings (SSSR count). The summed E-state index contributed by atoms with van der Waals surface area (Å²) < 4.78 is 15.4. The summed E-state index contributed by atoms with van der Waals surface area (Å²) in [6, 6.07) is 5.45. The van der Waals surface area contributed by atoms with E-state index in [0.29, 0.717) is 35.1 Å². The quantitative estimate of drug-likeness (QED) is 0.914. The van der Waals surface area contributed by atoms with E-state index in [9.17, 15) is 4.79 Å². The number of hydrogen-bond donors (Lipinski definition) is 1. The molecule has 0 bridgehead atoms. The van der Waals surface area contributed by atoms with Crippen molar-refractivity contribution in [3.63, 3.8) is 0 Å².